The molecule has 0 aliphatic rings. The van der Waals surface area contributed by atoms with Crippen molar-refractivity contribution in [2.75, 3.05) is 6.61 Å². The molecule has 130 valence electrons. The highest BCUT2D eigenvalue weighted by Gasteiger charge is 2.10. The van der Waals surface area contributed by atoms with Crippen LogP contribution in [0.25, 0.3) is 0 Å². The number of aryl methyl sites for hydroxylation is 1. The summed E-state index contributed by atoms with van der Waals surface area (Å²) in [4.78, 5) is 26.5. The van der Waals surface area contributed by atoms with Gasteiger partial charge in [0, 0.05) is 22.2 Å². The van der Waals surface area contributed by atoms with E-state index in [9.17, 15) is 14.9 Å². The van der Waals surface area contributed by atoms with Gasteiger partial charge in [-0.3, -0.25) is 10.1 Å². The molecule has 0 saturated carbocycles. The molecule has 0 saturated heterocycles. The average molecular weight is 408 g/mol. The molecule has 0 unspecified atom stereocenters. The number of benzene rings is 2. The Bertz CT molecular complexity index is 838. The third kappa shape index (κ3) is 5.28. The molecule has 0 heterocycles. The molecule has 0 amide bonds. The van der Waals surface area contributed by atoms with Crippen molar-refractivity contribution in [2.24, 2.45) is 10.9 Å². The Kier molecular flexibility index (Phi) is 6.07. The number of non-ortho nitro benzene ring substituents is 1. The second-order valence-corrected chi connectivity index (χ2v) is 5.86. The van der Waals surface area contributed by atoms with Gasteiger partial charge in [-0.1, -0.05) is 33.2 Å². The van der Waals surface area contributed by atoms with Gasteiger partial charge in [0.25, 0.3) is 5.69 Å². The molecule has 8 nitrogen and oxygen atoms in total. The van der Waals surface area contributed by atoms with Crippen LogP contribution in [0.2, 0.25) is 0 Å². The SMILES string of the molecule is Cc1cc(Br)ccc1OCC(=O)O/N=C(/N)c1cccc([N+](=O)[O-])c1. The number of amidine groups is 1. The summed E-state index contributed by atoms with van der Waals surface area (Å²) >= 11 is 3.33. The maximum Gasteiger partial charge on any atom is 0.372 e. The first-order chi connectivity index (χ1) is 11.9. The average Bonchev–Trinajstić information content (AvgIpc) is 2.59. The molecule has 0 aliphatic heterocycles. The van der Waals surface area contributed by atoms with Crippen LogP contribution in [0, 0.1) is 17.0 Å². The summed E-state index contributed by atoms with van der Waals surface area (Å²) in [6.07, 6.45) is 0. The number of ether oxygens (including phenoxy) is 1. The normalized spacial score (nSPS) is 11.0. The first-order valence-corrected chi connectivity index (χ1v) is 7.83. The van der Waals surface area contributed by atoms with Crippen molar-refractivity contribution in [1.82, 2.24) is 0 Å². The number of hydrogen-bond acceptors (Lipinski definition) is 6. The van der Waals surface area contributed by atoms with Gasteiger partial charge in [-0.2, -0.15) is 0 Å². The number of rotatable bonds is 6. The Morgan fingerprint density at radius 3 is 2.76 bits per heavy atom. The highest BCUT2D eigenvalue weighted by molar-refractivity contribution is 9.10. The smallest absolute Gasteiger partial charge is 0.372 e. The third-order valence-electron chi connectivity index (χ3n) is 3.08. The number of nitrogens with two attached hydrogens (primary N) is 1. The van der Waals surface area contributed by atoms with Crippen LogP contribution in [0.4, 0.5) is 5.69 Å². The standard InChI is InChI=1S/C16H14BrN3O5/c1-10-7-12(17)5-6-14(10)24-9-15(21)25-19-16(18)11-3-2-4-13(8-11)20(22)23/h2-8H,9H2,1H3,(H2,18,19). The Labute approximate surface area is 151 Å². The monoisotopic (exact) mass is 407 g/mol. The van der Waals surface area contributed by atoms with E-state index in [0.717, 1.165) is 10.0 Å². The van der Waals surface area contributed by atoms with Gasteiger partial charge in [0.15, 0.2) is 12.4 Å². The topological polar surface area (TPSA) is 117 Å². The zero-order valence-electron chi connectivity index (χ0n) is 13.1. The number of carbonyl (C=O) groups excluding carboxylic acids is 1. The Morgan fingerprint density at radius 2 is 2.08 bits per heavy atom. The first-order valence-electron chi connectivity index (χ1n) is 7.04. The van der Waals surface area contributed by atoms with Crippen LogP contribution in [0.5, 0.6) is 5.75 Å². The largest absolute Gasteiger partial charge is 0.482 e. The summed E-state index contributed by atoms with van der Waals surface area (Å²) in [5.74, 6) is -0.372. The van der Waals surface area contributed by atoms with Crippen LogP contribution >= 0.6 is 15.9 Å². The zero-order chi connectivity index (χ0) is 18.4. The van der Waals surface area contributed by atoms with E-state index in [1.807, 2.05) is 13.0 Å². The van der Waals surface area contributed by atoms with Gasteiger partial charge in [-0.15, -0.1) is 0 Å². The van der Waals surface area contributed by atoms with E-state index < -0.39 is 10.9 Å². The predicted octanol–water partition coefficient (Wildman–Crippen LogP) is 2.91. The van der Waals surface area contributed by atoms with Crippen molar-refractivity contribution in [1.29, 1.82) is 0 Å². The molecule has 0 fully saturated rings. The van der Waals surface area contributed by atoms with Gasteiger partial charge in [-0.25, -0.2) is 4.79 Å². The number of halogens is 1. The van der Waals surface area contributed by atoms with Gasteiger partial charge < -0.3 is 15.3 Å². The van der Waals surface area contributed by atoms with E-state index in [1.165, 1.54) is 24.3 Å². The molecule has 9 heteroatoms. The minimum absolute atomic E-state index is 0.143. The summed E-state index contributed by atoms with van der Waals surface area (Å²) in [6.45, 7) is 1.48. The van der Waals surface area contributed by atoms with Gasteiger partial charge >= 0.3 is 5.97 Å². The van der Waals surface area contributed by atoms with Crippen molar-refractivity contribution in [2.45, 2.75) is 6.92 Å². The molecule has 2 rings (SSSR count). The number of carbonyl (C=O) groups is 1. The minimum atomic E-state index is -0.754. The lowest BCUT2D eigenvalue weighted by molar-refractivity contribution is -0.384. The van der Waals surface area contributed by atoms with Gasteiger partial charge in [0.1, 0.15) is 5.75 Å². The molecule has 0 radical (unpaired) electrons. The van der Waals surface area contributed by atoms with Crippen molar-refractivity contribution in [3.8, 4) is 5.75 Å². The minimum Gasteiger partial charge on any atom is -0.482 e. The molecular weight excluding hydrogens is 394 g/mol. The van der Waals surface area contributed by atoms with E-state index in [2.05, 4.69) is 25.9 Å². The van der Waals surface area contributed by atoms with E-state index in [-0.39, 0.29) is 23.7 Å². The zero-order valence-corrected chi connectivity index (χ0v) is 14.7. The van der Waals surface area contributed by atoms with Crippen LogP contribution < -0.4 is 10.5 Å². The van der Waals surface area contributed by atoms with Crippen LogP contribution in [0.15, 0.2) is 52.1 Å². The van der Waals surface area contributed by atoms with Gasteiger partial charge in [-0.05, 0) is 30.7 Å². The molecule has 2 N–H and O–H groups in total. The summed E-state index contributed by atoms with van der Waals surface area (Å²) in [5.41, 5.74) is 6.64. The van der Waals surface area contributed by atoms with Crippen LogP contribution in [-0.4, -0.2) is 23.3 Å². The van der Waals surface area contributed by atoms with Crippen molar-refractivity contribution < 1.29 is 19.3 Å². The molecule has 0 aromatic heterocycles. The molecular formula is C16H14BrN3O5. The summed E-state index contributed by atoms with van der Waals surface area (Å²) in [5, 5.41) is 14.2. The highest BCUT2D eigenvalue weighted by atomic mass is 79.9. The van der Waals surface area contributed by atoms with Crippen molar-refractivity contribution in [3.05, 3.63) is 68.2 Å². The fourth-order valence-corrected chi connectivity index (χ4v) is 2.34. The highest BCUT2D eigenvalue weighted by Crippen LogP contribution is 2.22. The number of nitro benzene ring substituents is 1. The maximum absolute atomic E-state index is 11.7. The number of hydrogen-bond donors (Lipinski definition) is 1. The fourth-order valence-electron chi connectivity index (χ4n) is 1.87. The molecule has 2 aromatic carbocycles. The molecule has 0 aliphatic carbocycles. The molecule has 0 spiro atoms. The summed E-state index contributed by atoms with van der Waals surface area (Å²) < 4.78 is 6.24. The number of oxime groups is 1. The lowest BCUT2D eigenvalue weighted by atomic mass is 10.2. The van der Waals surface area contributed by atoms with E-state index in [4.69, 9.17) is 10.5 Å². The van der Waals surface area contributed by atoms with Gasteiger partial charge in [0.2, 0.25) is 0 Å². The molecule has 25 heavy (non-hydrogen) atoms. The Hall–Kier alpha value is -2.94. The van der Waals surface area contributed by atoms with Gasteiger partial charge in [0.05, 0.1) is 4.92 Å². The summed E-state index contributed by atoms with van der Waals surface area (Å²) in [7, 11) is 0. The fraction of sp³-hybridized carbons (Fsp3) is 0.125. The van der Waals surface area contributed by atoms with Crippen molar-refractivity contribution >= 4 is 33.4 Å². The second kappa shape index (κ2) is 8.25. The van der Waals surface area contributed by atoms with Crippen molar-refractivity contribution in [3.63, 3.8) is 0 Å². The first kappa shape index (κ1) is 18.4. The lowest BCUT2D eigenvalue weighted by Gasteiger charge is -2.07. The summed E-state index contributed by atoms with van der Waals surface area (Å²) in [6, 6.07) is 10.9. The Morgan fingerprint density at radius 1 is 1.32 bits per heavy atom. The number of nitrogens with zero attached hydrogens (tertiary/aromatic N) is 2. The van der Waals surface area contributed by atoms with E-state index in [1.54, 1.807) is 12.1 Å². The van der Waals surface area contributed by atoms with Crippen LogP contribution in [0.3, 0.4) is 0 Å². The maximum atomic E-state index is 11.7. The molecule has 0 atom stereocenters. The van der Waals surface area contributed by atoms with E-state index >= 15 is 0 Å². The third-order valence-corrected chi connectivity index (χ3v) is 3.57. The number of nitro groups is 1. The second-order valence-electron chi connectivity index (χ2n) is 4.95. The quantitative estimate of drug-likeness (QED) is 0.258. The van der Waals surface area contributed by atoms with Crippen LogP contribution in [-0.2, 0) is 9.63 Å². The predicted molar refractivity (Wildman–Crippen MR) is 94.3 cm³/mol. The lowest BCUT2D eigenvalue weighted by Crippen LogP contribution is -2.18. The van der Waals surface area contributed by atoms with Crippen LogP contribution in [0.1, 0.15) is 11.1 Å². The molecule has 0 bridgehead atoms. The molecule has 2 aromatic rings. The Balaban J connectivity index is 1.95. The van der Waals surface area contributed by atoms with E-state index in [0.29, 0.717) is 5.75 Å².